The second-order valence-corrected chi connectivity index (χ2v) is 6.97. The number of hydrogen-bond donors (Lipinski definition) is 2. The fourth-order valence-corrected chi connectivity index (χ4v) is 3.39. The van der Waals surface area contributed by atoms with Crippen molar-refractivity contribution in [1.29, 1.82) is 0 Å². The van der Waals surface area contributed by atoms with Gasteiger partial charge in [0.15, 0.2) is 0 Å². The molecule has 25 heavy (non-hydrogen) atoms. The zero-order valence-corrected chi connectivity index (χ0v) is 14.1. The molecule has 3 fully saturated rings. The van der Waals surface area contributed by atoms with Gasteiger partial charge in [0.05, 0.1) is 0 Å². The molecule has 0 unspecified atom stereocenters. The molecule has 9 heteroatoms. The van der Waals surface area contributed by atoms with Crippen LogP contribution in [-0.2, 0) is 14.4 Å². The Hall–Kier alpha value is -2.45. The molecule has 136 valence electrons. The first-order chi connectivity index (χ1) is 11.9. The Morgan fingerprint density at radius 3 is 2.36 bits per heavy atom. The minimum Gasteiger partial charge on any atom is -0.335 e. The van der Waals surface area contributed by atoms with E-state index >= 15 is 0 Å². The lowest BCUT2D eigenvalue weighted by atomic mass is 9.85. The number of hydrogen-bond acceptors (Lipinski definition) is 5. The zero-order chi connectivity index (χ0) is 18.1. The van der Waals surface area contributed by atoms with Crippen LogP contribution in [0.4, 0.5) is 9.59 Å². The Bertz CT molecular complexity index is 630. The van der Waals surface area contributed by atoms with Crippen molar-refractivity contribution >= 4 is 29.8 Å². The molecule has 3 rings (SSSR count). The Kier molecular flexibility index (Phi) is 4.73. The summed E-state index contributed by atoms with van der Waals surface area (Å²) in [7, 11) is 0. The Morgan fingerprint density at radius 2 is 1.72 bits per heavy atom. The van der Waals surface area contributed by atoms with E-state index in [2.05, 4.69) is 10.6 Å². The number of urea groups is 2. The molecule has 2 N–H and O–H groups in total. The first-order valence-electron chi connectivity index (χ1n) is 8.68. The van der Waals surface area contributed by atoms with E-state index in [4.69, 9.17) is 0 Å². The molecule has 1 aliphatic heterocycles. The topological polar surface area (TPSA) is 116 Å². The fourth-order valence-electron chi connectivity index (χ4n) is 3.39. The van der Waals surface area contributed by atoms with Crippen molar-refractivity contribution in [2.24, 2.45) is 5.92 Å². The largest absolute Gasteiger partial charge is 0.335 e. The van der Waals surface area contributed by atoms with Gasteiger partial charge < -0.3 is 5.32 Å². The highest BCUT2D eigenvalue weighted by atomic mass is 16.2. The molecule has 3 aliphatic rings. The predicted octanol–water partition coefficient (Wildman–Crippen LogP) is 0.344. The molecule has 0 aromatic rings. The van der Waals surface area contributed by atoms with Gasteiger partial charge in [-0.25, -0.2) is 14.5 Å². The van der Waals surface area contributed by atoms with E-state index in [1.165, 1.54) is 0 Å². The van der Waals surface area contributed by atoms with Crippen molar-refractivity contribution in [2.45, 2.75) is 57.5 Å². The smallest absolute Gasteiger partial charge is 0.334 e. The lowest BCUT2D eigenvalue weighted by molar-refractivity contribution is -0.145. The number of rotatable bonds is 4. The molecule has 1 saturated heterocycles. The number of nitrogens with one attached hydrogen (secondary N) is 2. The minimum atomic E-state index is -1.01. The fraction of sp³-hybridized carbons (Fsp3) is 0.688. The van der Waals surface area contributed by atoms with Crippen molar-refractivity contribution in [1.82, 2.24) is 20.4 Å². The highest BCUT2D eigenvalue weighted by Crippen LogP contribution is 2.31. The van der Waals surface area contributed by atoms with Crippen LogP contribution in [0, 0.1) is 5.92 Å². The molecule has 0 radical (unpaired) electrons. The van der Waals surface area contributed by atoms with Gasteiger partial charge in [-0.15, -0.1) is 0 Å². The van der Waals surface area contributed by atoms with Crippen LogP contribution >= 0.6 is 0 Å². The molecular formula is C16H22N4O5. The predicted molar refractivity (Wildman–Crippen MR) is 85.1 cm³/mol. The van der Waals surface area contributed by atoms with Crippen molar-refractivity contribution in [3.05, 3.63) is 0 Å². The third kappa shape index (κ3) is 3.64. The summed E-state index contributed by atoms with van der Waals surface area (Å²) in [5.74, 6) is -2.58. The van der Waals surface area contributed by atoms with Gasteiger partial charge in [-0.1, -0.05) is 19.8 Å². The van der Waals surface area contributed by atoms with E-state index in [0.29, 0.717) is 11.3 Å². The summed E-state index contributed by atoms with van der Waals surface area (Å²) in [5.41, 5.74) is 0. The summed E-state index contributed by atoms with van der Waals surface area (Å²) in [6.45, 7) is 1.31. The molecule has 2 saturated carbocycles. The molecule has 0 spiro atoms. The summed E-state index contributed by atoms with van der Waals surface area (Å²) >= 11 is 0. The van der Waals surface area contributed by atoms with Crippen LogP contribution in [0.5, 0.6) is 0 Å². The van der Waals surface area contributed by atoms with E-state index in [1.54, 1.807) is 0 Å². The molecule has 0 bridgehead atoms. The monoisotopic (exact) mass is 350 g/mol. The Labute approximate surface area is 145 Å². The van der Waals surface area contributed by atoms with Gasteiger partial charge in [0, 0.05) is 12.1 Å². The van der Waals surface area contributed by atoms with Crippen LogP contribution in [0.25, 0.3) is 0 Å². The Balaban J connectivity index is 1.62. The molecular weight excluding hydrogens is 328 g/mol. The summed E-state index contributed by atoms with van der Waals surface area (Å²) < 4.78 is 0. The van der Waals surface area contributed by atoms with E-state index in [-0.39, 0.29) is 18.0 Å². The molecule has 0 aromatic carbocycles. The summed E-state index contributed by atoms with van der Waals surface area (Å²) in [6.07, 6.45) is 5.21. The van der Waals surface area contributed by atoms with Crippen LogP contribution in [0.15, 0.2) is 0 Å². The van der Waals surface area contributed by atoms with Crippen molar-refractivity contribution in [2.75, 3.05) is 6.54 Å². The molecule has 7 amide bonds. The number of imide groups is 3. The second-order valence-electron chi connectivity index (χ2n) is 6.97. The van der Waals surface area contributed by atoms with Gasteiger partial charge in [0.1, 0.15) is 6.54 Å². The lowest BCUT2D eigenvalue weighted by Gasteiger charge is -2.34. The quantitative estimate of drug-likeness (QED) is 0.560. The van der Waals surface area contributed by atoms with Crippen molar-refractivity contribution < 1.29 is 24.0 Å². The average molecular weight is 350 g/mol. The first-order valence-corrected chi connectivity index (χ1v) is 8.68. The van der Waals surface area contributed by atoms with E-state index in [1.807, 2.05) is 6.92 Å². The summed E-state index contributed by atoms with van der Waals surface area (Å²) in [5, 5.41) is 4.64. The van der Waals surface area contributed by atoms with Crippen LogP contribution in [0.1, 0.15) is 45.4 Å². The maximum absolute atomic E-state index is 12.5. The molecule has 0 aromatic heterocycles. The van der Waals surface area contributed by atoms with Gasteiger partial charge >= 0.3 is 23.9 Å². The standard InChI is InChI=1S/C16H22N4O5/c1-9-4-2-3-5-11(9)20-14(23)13(22)19(16(20)25)8-12(21)18-15(24)17-10-6-7-10/h9-11H,2-8H2,1H3,(H2,17,18,21,24)/t9-,11+/m0/s1. The van der Waals surface area contributed by atoms with Gasteiger partial charge in [-0.2, -0.15) is 0 Å². The lowest BCUT2D eigenvalue weighted by Crippen LogP contribution is -2.48. The highest BCUT2D eigenvalue weighted by molar-refractivity contribution is 6.45. The van der Waals surface area contributed by atoms with Crippen LogP contribution < -0.4 is 10.6 Å². The average Bonchev–Trinajstić information content (AvgIpc) is 3.34. The highest BCUT2D eigenvalue weighted by Gasteiger charge is 2.49. The number of amides is 7. The van der Waals surface area contributed by atoms with Crippen molar-refractivity contribution in [3.63, 3.8) is 0 Å². The number of nitrogens with zero attached hydrogens (tertiary/aromatic N) is 2. The Morgan fingerprint density at radius 1 is 1.04 bits per heavy atom. The van der Waals surface area contributed by atoms with Gasteiger partial charge in [-0.3, -0.25) is 24.6 Å². The van der Waals surface area contributed by atoms with E-state index < -0.39 is 36.3 Å². The van der Waals surface area contributed by atoms with Crippen molar-refractivity contribution in [3.8, 4) is 0 Å². The summed E-state index contributed by atoms with van der Waals surface area (Å²) in [6, 6.07) is -1.67. The SMILES string of the molecule is C[C@H]1CCCC[C@H]1N1C(=O)C(=O)N(CC(=O)NC(=O)NC2CC2)C1=O. The molecule has 9 nitrogen and oxygen atoms in total. The van der Waals surface area contributed by atoms with Gasteiger partial charge in [-0.05, 0) is 31.6 Å². The third-order valence-electron chi connectivity index (χ3n) is 4.95. The van der Waals surface area contributed by atoms with Gasteiger partial charge in [0.2, 0.25) is 5.91 Å². The summed E-state index contributed by atoms with van der Waals surface area (Å²) in [4.78, 5) is 61.9. The van der Waals surface area contributed by atoms with Gasteiger partial charge in [0.25, 0.3) is 0 Å². The molecule has 2 atom stereocenters. The maximum atomic E-state index is 12.5. The first kappa shape index (κ1) is 17.4. The third-order valence-corrected chi connectivity index (χ3v) is 4.95. The van der Waals surface area contributed by atoms with E-state index in [0.717, 1.165) is 37.0 Å². The van der Waals surface area contributed by atoms with E-state index in [9.17, 15) is 24.0 Å². The normalized spacial score (nSPS) is 26.8. The second kappa shape index (κ2) is 6.81. The molecule has 2 aliphatic carbocycles. The minimum absolute atomic E-state index is 0.0766. The van der Waals surface area contributed by atoms with Crippen LogP contribution in [0.3, 0.4) is 0 Å². The molecule has 1 heterocycles. The number of carbonyl (C=O) groups is 5. The van der Waals surface area contributed by atoms with Crippen LogP contribution in [-0.4, -0.2) is 58.2 Å². The maximum Gasteiger partial charge on any atom is 0.334 e. The zero-order valence-electron chi connectivity index (χ0n) is 14.1. The number of carbonyl (C=O) groups excluding carboxylic acids is 5. The van der Waals surface area contributed by atoms with Crippen LogP contribution in [0.2, 0.25) is 0 Å².